The molecule has 0 radical (unpaired) electrons. The molecular formula is C12H18N4O3S. The number of carbonyl (C=O) groups is 1. The summed E-state index contributed by atoms with van der Waals surface area (Å²) in [5, 5.41) is -0.551. The Morgan fingerprint density at radius 3 is 2.70 bits per heavy atom. The van der Waals surface area contributed by atoms with E-state index in [-0.39, 0.29) is 5.95 Å². The van der Waals surface area contributed by atoms with Gasteiger partial charge in [0.25, 0.3) is 0 Å². The van der Waals surface area contributed by atoms with E-state index in [9.17, 15) is 13.2 Å². The molecule has 1 aliphatic rings. The van der Waals surface area contributed by atoms with Crippen LogP contribution in [0.3, 0.4) is 0 Å². The predicted octanol–water partition coefficient (Wildman–Crippen LogP) is 0.257. The van der Waals surface area contributed by atoms with Gasteiger partial charge in [-0.05, 0) is 32.3 Å². The first kappa shape index (κ1) is 14.6. The van der Waals surface area contributed by atoms with Gasteiger partial charge in [0.1, 0.15) is 0 Å². The Bertz CT molecular complexity index is 688. The van der Waals surface area contributed by atoms with Crippen LogP contribution >= 0.6 is 0 Å². The van der Waals surface area contributed by atoms with Crippen molar-refractivity contribution in [2.45, 2.75) is 38.4 Å². The number of nitrogens with two attached hydrogens (primary N) is 2. The topological polar surface area (TPSA) is 121 Å². The molecule has 1 atom stereocenters. The molecule has 0 aliphatic heterocycles. The molecule has 7 nitrogen and oxygen atoms in total. The Kier molecular flexibility index (Phi) is 3.59. The molecule has 1 unspecified atom stereocenters. The monoisotopic (exact) mass is 298 g/mol. The van der Waals surface area contributed by atoms with Crippen LogP contribution in [0.5, 0.6) is 0 Å². The van der Waals surface area contributed by atoms with E-state index in [1.54, 1.807) is 13.8 Å². The number of carbonyl (C=O) groups excluding carboxylic acids is 1. The number of hydrogen-bond donors (Lipinski definition) is 2. The summed E-state index contributed by atoms with van der Waals surface area (Å²) >= 11 is 0. The number of aromatic nitrogens is 2. The molecule has 2 rings (SSSR count). The molecule has 1 aromatic heterocycles. The Morgan fingerprint density at radius 1 is 1.50 bits per heavy atom. The third-order valence-corrected chi connectivity index (χ3v) is 5.85. The summed E-state index contributed by atoms with van der Waals surface area (Å²) in [6, 6.07) is 0. The zero-order valence-electron chi connectivity index (χ0n) is 11.5. The average molecular weight is 298 g/mol. The van der Waals surface area contributed by atoms with E-state index in [0.717, 1.165) is 3.97 Å². The minimum atomic E-state index is -3.57. The maximum atomic E-state index is 12.5. The Balaban J connectivity index is 2.59. The van der Waals surface area contributed by atoms with Crippen LogP contribution in [0, 0.1) is 0 Å². The van der Waals surface area contributed by atoms with Crippen LogP contribution < -0.4 is 11.5 Å². The second-order valence-electron chi connectivity index (χ2n) is 4.86. The molecule has 0 aromatic carbocycles. The lowest BCUT2D eigenvalue weighted by atomic mass is 10.00. The number of anilines is 1. The van der Waals surface area contributed by atoms with Crippen molar-refractivity contribution in [3.05, 3.63) is 17.0 Å². The van der Waals surface area contributed by atoms with Crippen LogP contribution in [0.4, 0.5) is 5.95 Å². The number of fused-ring (bicyclic) bond motifs is 1. The van der Waals surface area contributed by atoms with Gasteiger partial charge in [-0.25, -0.2) is 17.4 Å². The summed E-state index contributed by atoms with van der Waals surface area (Å²) in [6.07, 6.45) is 2.77. The van der Waals surface area contributed by atoms with E-state index in [4.69, 9.17) is 11.5 Å². The summed E-state index contributed by atoms with van der Waals surface area (Å²) < 4.78 is 26.0. The van der Waals surface area contributed by atoms with E-state index in [0.29, 0.717) is 36.2 Å². The van der Waals surface area contributed by atoms with Crippen molar-refractivity contribution in [2.75, 3.05) is 5.73 Å². The van der Waals surface area contributed by atoms with E-state index in [1.165, 1.54) is 6.08 Å². The lowest BCUT2D eigenvalue weighted by Crippen LogP contribution is -2.28. The molecule has 0 saturated heterocycles. The van der Waals surface area contributed by atoms with Gasteiger partial charge in [0.2, 0.25) is 21.9 Å². The lowest BCUT2D eigenvalue weighted by molar-refractivity contribution is -0.114. The molecule has 110 valence electrons. The number of nitrogen functional groups attached to an aromatic ring is 1. The highest BCUT2D eigenvalue weighted by Crippen LogP contribution is 2.28. The summed E-state index contributed by atoms with van der Waals surface area (Å²) in [4.78, 5) is 15.2. The first-order chi connectivity index (χ1) is 9.28. The fraction of sp³-hybridized carbons (Fsp3) is 0.500. The Hall–Kier alpha value is -1.83. The zero-order valence-corrected chi connectivity index (χ0v) is 12.3. The Labute approximate surface area is 117 Å². The van der Waals surface area contributed by atoms with Crippen molar-refractivity contribution >= 4 is 28.0 Å². The van der Waals surface area contributed by atoms with Crippen LogP contribution in [0.2, 0.25) is 0 Å². The molecule has 1 amide bonds. The second-order valence-corrected chi connectivity index (χ2v) is 7.06. The maximum Gasteiger partial charge on any atom is 0.244 e. The SMILES string of the molecule is CCC(C)S(=O)(=O)n1c(N)nc2c1CCC(C(N)=O)=C2. The summed E-state index contributed by atoms with van der Waals surface area (Å²) in [5.74, 6) is -0.592. The van der Waals surface area contributed by atoms with Gasteiger partial charge in [0.15, 0.2) is 0 Å². The van der Waals surface area contributed by atoms with Gasteiger partial charge in [-0.2, -0.15) is 0 Å². The first-order valence-electron chi connectivity index (χ1n) is 6.40. The van der Waals surface area contributed by atoms with E-state index in [1.807, 2.05) is 0 Å². The van der Waals surface area contributed by atoms with Crippen molar-refractivity contribution < 1.29 is 13.2 Å². The molecule has 1 aromatic rings. The van der Waals surface area contributed by atoms with Crippen molar-refractivity contribution in [2.24, 2.45) is 5.73 Å². The summed E-state index contributed by atoms with van der Waals surface area (Å²) in [7, 11) is -3.57. The molecule has 1 aliphatic carbocycles. The zero-order chi connectivity index (χ0) is 15.1. The van der Waals surface area contributed by atoms with Gasteiger partial charge in [-0.1, -0.05) is 6.92 Å². The molecule has 0 fully saturated rings. The summed E-state index contributed by atoms with van der Waals surface area (Å²) in [5.41, 5.74) is 12.3. The lowest BCUT2D eigenvalue weighted by Gasteiger charge is -2.17. The molecular weight excluding hydrogens is 280 g/mol. The third-order valence-electron chi connectivity index (χ3n) is 3.58. The van der Waals surface area contributed by atoms with Crippen molar-refractivity contribution in [1.82, 2.24) is 8.96 Å². The van der Waals surface area contributed by atoms with Crippen LogP contribution in [0.25, 0.3) is 6.08 Å². The van der Waals surface area contributed by atoms with E-state index in [2.05, 4.69) is 4.98 Å². The highest BCUT2D eigenvalue weighted by atomic mass is 32.2. The number of rotatable bonds is 4. The molecule has 4 N–H and O–H groups in total. The molecule has 8 heteroatoms. The van der Waals surface area contributed by atoms with Crippen molar-refractivity contribution in [1.29, 1.82) is 0 Å². The van der Waals surface area contributed by atoms with Gasteiger partial charge in [-0.15, -0.1) is 0 Å². The number of primary amides is 1. The van der Waals surface area contributed by atoms with Gasteiger partial charge in [0, 0.05) is 5.57 Å². The smallest absolute Gasteiger partial charge is 0.244 e. The highest BCUT2D eigenvalue weighted by Gasteiger charge is 2.30. The van der Waals surface area contributed by atoms with Crippen molar-refractivity contribution in [3.63, 3.8) is 0 Å². The number of nitrogens with zero attached hydrogens (tertiary/aromatic N) is 2. The van der Waals surface area contributed by atoms with Gasteiger partial charge >= 0.3 is 0 Å². The second kappa shape index (κ2) is 4.93. The molecule has 0 bridgehead atoms. The van der Waals surface area contributed by atoms with Gasteiger partial charge < -0.3 is 11.5 Å². The maximum absolute atomic E-state index is 12.5. The quantitative estimate of drug-likeness (QED) is 0.825. The molecule has 0 spiro atoms. The molecule has 20 heavy (non-hydrogen) atoms. The van der Waals surface area contributed by atoms with Crippen LogP contribution in [-0.4, -0.2) is 28.5 Å². The standard InChI is InChI=1S/C12H18N4O3S/c1-3-7(2)20(18,19)16-10-5-4-8(11(13)17)6-9(10)15-12(16)14/h6-7H,3-5H2,1-2H3,(H2,13,17)(H2,14,15). The minimum absolute atomic E-state index is 0.0720. The highest BCUT2D eigenvalue weighted by molar-refractivity contribution is 7.90. The van der Waals surface area contributed by atoms with E-state index < -0.39 is 21.2 Å². The number of hydrogen-bond acceptors (Lipinski definition) is 5. The molecule has 1 heterocycles. The summed E-state index contributed by atoms with van der Waals surface area (Å²) in [6.45, 7) is 3.43. The average Bonchev–Trinajstić information content (AvgIpc) is 2.72. The first-order valence-corrected chi connectivity index (χ1v) is 7.91. The fourth-order valence-corrected chi connectivity index (χ4v) is 3.75. The van der Waals surface area contributed by atoms with Crippen LogP contribution in [0.1, 0.15) is 38.1 Å². The fourth-order valence-electron chi connectivity index (χ4n) is 2.18. The van der Waals surface area contributed by atoms with Crippen molar-refractivity contribution in [3.8, 4) is 0 Å². The predicted molar refractivity (Wildman–Crippen MR) is 76.2 cm³/mol. The van der Waals surface area contributed by atoms with Gasteiger partial charge in [-0.3, -0.25) is 4.79 Å². The Morgan fingerprint density at radius 2 is 2.15 bits per heavy atom. The number of amides is 1. The van der Waals surface area contributed by atoms with Crippen LogP contribution in [0.15, 0.2) is 5.57 Å². The van der Waals surface area contributed by atoms with E-state index >= 15 is 0 Å². The molecule has 0 saturated carbocycles. The number of imidazole rings is 1. The largest absolute Gasteiger partial charge is 0.368 e. The normalized spacial score (nSPS) is 16.4. The van der Waals surface area contributed by atoms with Gasteiger partial charge in [0.05, 0.1) is 16.6 Å². The minimum Gasteiger partial charge on any atom is -0.368 e. The van der Waals surface area contributed by atoms with Crippen LogP contribution in [-0.2, 0) is 21.2 Å². The third kappa shape index (κ3) is 2.20.